The second-order valence-electron chi connectivity index (χ2n) is 6.90. The summed E-state index contributed by atoms with van der Waals surface area (Å²) >= 11 is 0. The number of rotatable bonds is 4. The van der Waals surface area contributed by atoms with Gasteiger partial charge in [-0.2, -0.15) is 0 Å². The largest absolute Gasteiger partial charge is 0.298 e. The van der Waals surface area contributed by atoms with Crippen LogP contribution in [0.1, 0.15) is 44.6 Å². The average Bonchev–Trinajstić information content (AvgIpc) is 2.57. The van der Waals surface area contributed by atoms with Crippen LogP contribution in [0.25, 0.3) is 0 Å². The van der Waals surface area contributed by atoms with Gasteiger partial charge in [0.15, 0.2) is 0 Å². The quantitative estimate of drug-likeness (QED) is 0.786. The van der Waals surface area contributed by atoms with Crippen LogP contribution in [-0.4, -0.2) is 48.1 Å². The van der Waals surface area contributed by atoms with Gasteiger partial charge in [-0.05, 0) is 31.7 Å². The number of halogens is 2. The molecule has 1 unspecified atom stereocenters. The van der Waals surface area contributed by atoms with E-state index in [2.05, 4.69) is 47.1 Å². The van der Waals surface area contributed by atoms with Gasteiger partial charge in [0.2, 0.25) is 0 Å². The second kappa shape index (κ2) is 10.6. The molecule has 0 aromatic heterocycles. The van der Waals surface area contributed by atoms with Crippen LogP contribution in [0.2, 0.25) is 0 Å². The molecule has 2 nitrogen and oxygen atoms in total. The van der Waals surface area contributed by atoms with Crippen LogP contribution in [0.15, 0.2) is 30.3 Å². The first-order chi connectivity index (χ1) is 10.3. The van der Waals surface area contributed by atoms with Gasteiger partial charge in [-0.25, -0.2) is 0 Å². The molecule has 1 heterocycles. The highest BCUT2D eigenvalue weighted by Gasteiger charge is 2.26. The van der Waals surface area contributed by atoms with E-state index in [1.54, 1.807) is 0 Å². The number of nitrogens with zero attached hydrogens (tertiary/aromatic N) is 2. The van der Waals surface area contributed by atoms with Gasteiger partial charge in [0.25, 0.3) is 0 Å². The zero-order chi connectivity index (χ0) is 14.5. The molecule has 1 aromatic rings. The van der Waals surface area contributed by atoms with Gasteiger partial charge < -0.3 is 0 Å². The van der Waals surface area contributed by atoms with E-state index in [4.69, 9.17) is 0 Å². The number of hydrogen-bond donors (Lipinski definition) is 0. The predicted octanol–water partition coefficient (Wildman–Crippen LogP) is 4.41. The molecule has 0 radical (unpaired) electrons. The van der Waals surface area contributed by atoms with Crippen molar-refractivity contribution in [2.75, 3.05) is 26.2 Å². The van der Waals surface area contributed by atoms with E-state index < -0.39 is 0 Å². The lowest BCUT2D eigenvalue weighted by Crippen LogP contribution is -2.53. The molecule has 2 aliphatic rings. The number of hydrogen-bond acceptors (Lipinski definition) is 2. The Hall–Kier alpha value is -0.280. The molecule has 1 atom stereocenters. The molecule has 132 valence electrons. The van der Waals surface area contributed by atoms with Gasteiger partial charge in [-0.3, -0.25) is 9.80 Å². The first kappa shape index (κ1) is 20.8. The molecule has 1 aliphatic carbocycles. The monoisotopic (exact) mass is 358 g/mol. The van der Waals surface area contributed by atoms with E-state index in [1.807, 2.05) is 0 Å². The summed E-state index contributed by atoms with van der Waals surface area (Å²) in [6, 6.07) is 12.5. The summed E-state index contributed by atoms with van der Waals surface area (Å²) < 4.78 is 0. The summed E-state index contributed by atoms with van der Waals surface area (Å²) in [7, 11) is 0. The van der Waals surface area contributed by atoms with E-state index in [0.29, 0.717) is 6.04 Å². The molecule has 23 heavy (non-hydrogen) atoms. The van der Waals surface area contributed by atoms with E-state index in [1.165, 1.54) is 70.3 Å². The summed E-state index contributed by atoms with van der Waals surface area (Å²) in [5.74, 6) is 0. The first-order valence-electron chi connectivity index (χ1n) is 8.85. The van der Waals surface area contributed by atoms with Crippen molar-refractivity contribution < 1.29 is 0 Å². The predicted molar refractivity (Wildman–Crippen MR) is 104 cm³/mol. The third kappa shape index (κ3) is 5.94. The van der Waals surface area contributed by atoms with Crippen molar-refractivity contribution in [3.8, 4) is 0 Å². The number of piperazine rings is 1. The van der Waals surface area contributed by atoms with Crippen molar-refractivity contribution in [1.82, 2.24) is 9.80 Å². The zero-order valence-corrected chi connectivity index (χ0v) is 16.0. The Labute approximate surface area is 154 Å². The average molecular weight is 359 g/mol. The van der Waals surface area contributed by atoms with Gasteiger partial charge in [0.05, 0.1) is 0 Å². The molecule has 1 saturated heterocycles. The minimum Gasteiger partial charge on any atom is -0.298 e. The molecule has 1 aliphatic heterocycles. The standard InChI is InChI=1S/C19H30N2.2ClH/c1-17(16-18-8-4-2-5-9-18)20-12-14-21(15-13-20)19-10-6-3-7-11-19;;/h2,4-5,8-9,17,19H,3,6-7,10-16H2,1H3;2*1H. The van der Waals surface area contributed by atoms with Gasteiger partial charge in [-0.15, -0.1) is 24.8 Å². The fourth-order valence-corrected chi connectivity index (χ4v) is 4.07. The molecular weight excluding hydrogens is 327 g/mol. The zero-order valence-electron chi connectivity index (χ0n) is 14.3. The van der Waals surface area contributed by atoms with Crippen LogP contribution in [0.5, 0.6) is 0 Å². The summed E-state index contributed by atoms with van der Waals surface area (Å²) in [5.41, 5.74) is 1.47. The third-order valence-corrected chi connectivity index (χ3v) is 5.44. The van der Waals surface area contributed by atoms with Crippen molar-refractivity contribution in [2.45, 2.75) is 57.5 Å². The number of benzene rings is 1. The summed E-state index contributed by atoms with van der Waals surface area (Å²) in [6.07, 6.45) is 8.44. The molecule has 0 spiro atoms. The molecule has 4 heteroatoms. The maximum atomic E-state index is 2.77. The maximum Gasteiger partial charge on any atom is 0.0113 e. The van der Waals surface area contributed by atoms with E-state index in [-0.39, 0.29) is 24.8 Å². The summed E-state index contributed by atoms with van der Waals surface area (Å²) in [4.78, 5) is 5.46. The summed E-state index contributed by atoms with van der Waals surface area (Å²) in [5, 5.41) is 0. The van der Waals surface area contributed by atoms with Crippen LogP contribution in [0.3, 0.4) is 0 Å². The molecule has 3 rings (SSSR count). The van der Waals surface area contributed by atoms with Crippen LogP contribution < -0.4 is 0 Å². The van der Waals surface area contributed by atoms with Crippen LogP contribution >= 0.6 is 24.8 Å². The van der Waals surface area contributed by atoms with Crippen molar-refractivity contribution >= 4 is 24.8 Å². The Balaban J connectivity index is 0.00000132. The van der Waals surface area contributed by atoms with Crippen molar-refractivity contribution in [2.24, 2.45) is 0 Å². The van der Waals surface area contributed by atoms with Crippen molar-refractivity contribution in [1.29, 1.82) is 0 Å². The van der Waals surface area contributed by atoms with Crippen LogP contribution in [-0.2, 0) is 6.42 Å². The SMILES string of the molecule is CC(Cc1ccccc1)N1CCN(C2CCCCC2)CC1.Cl.Cl. The van der Waals surface area contributed by atoms with Gasteiger partial charge >= 0.3 is 0 Å². The second-order valence-corrected chi connectivity index (χ2v) is 6.90. The fourth-order valence-electron chi connectivity index (χ4n) is 4.07. The molecule has 1 aromatic carbocycles. The van der Waals surface area contributed by atoms with E-state index in [9.17, 15) is 0 Å². The molecule has 0 amide bonds. The lowest BCUT2D eigenvalue weighted by atomic mass is 9.93. The van der Waals surface area contributed by atoms with Crippen molar-refractivity contribution in [3.63, 3.8) is 0 Å². The lowest BCUT2D eigenvalue weighted by molar-refractivity contribution is 0.0605. The fraction of sp³-hybridized carbons (Fsp3) is 0.684. The minimum absolute atomic E-state index is 0. The molecule has 0 N–H and O–H groups in total. The normalized spacial score (nSPS) is 22.0. The highest BCUT2D eigenvalue weighted by molar-refractivity contribution is 5.85. The Bertz CT molecular complexity index is 413. The van der Waals surface area contributed by atoms with Crippen LogP contribution in [0.4, 0.5) is 0 Å². The highest BCUT2D eigenvalue weighted by atomic mass is 35.5. The summed E-state index contributed by atoms with van der Waals surface area (Å²) in [6.45, 7) is 7.46. The topological polar surface area (TPSA) is 6.48 Å². The Morgan fingerprint density at radius 3 is 2.13 bits per heavy atom. The Kier molecular flexibility index (Phi) is 9.53. The molecule has 1 saturated carbocycles. The van der Waals surface area contributed by atoms with Gasteiger partial charge in [-0.1, -0.05) is 49.6 Å². The minimum atomic E-state index is 0. The highest BCUT2D eigenvalue weighted by Crippen LogP contribution is 2.24. The molecular formula is C19H32Cl2N2. The van der Waals surface area contributed by atoms with E-state index in [0.717, 1.165) is 6.04 Å². The molecule has 2 fully saturated rings. The maximum absolute atomic E-state index is 2.77. The van der Waals surface area contributed by atoms with Gasteiger partial charge in [0, 0.05) is 38.3 Å². The van der Waals surface area contributed by atoms with Crippen molar-refractivity contribution in [3.05, 3.63) is 35.9 Å². The lowest BCUT2D eigenvalue weighted by Gasteiger charge is -2.42. The smallest absolute Gasteiger partial charge is 0.0113 e. The van der Waals surface area contributed by atoms with E-state index >= 15 is 0 Å². The third-order valence-electron chi connectivity index (χ3n) is 5.44. The Morgan fingerprint density at radius 1 is 0.913 bits per heavy atom. The van der Waals surface area contributed by atoms with Crippen LogP contribution in [0, 0.1) is 0 Å². The Morgan fingerprint density at radius 2 is 1.52 bits per heavy atom. The first-order valence-corrected chi connectivity index (χ1v) is 8.85. The van der Waals surface area contributed by atoms with Gasteiger partial charge in [0.1, 0.15) is 0 Å². The molecule has 0 bridgehead atoms.